The predicted molar refractivity (Wildman–Crippen MR) is 90.4 cm³/mol. The number of ether oxygens (including phenoxy) is 3. The van der Waals surface area contributed by atoms with Crippen molar-refractivity contribution in [2.75, 3.05) is 6.61 Å². The fraction of sp³-hybridized carbons (Fsp3) is 0.850. The van der Waals surface area contributed by atoms with Gasteiger partial charge in [-0.15, -0.1) is 0 Å². The summed E-state index contributed by atoms with van der Waals surface area (Å²) in [4.78, 5) is 12.1. The van der Waals surface area contributed by atoms with Gasteiger partial charge in [-0.1, -0.05) is 20.8 Å². The molecular formula is C20H26O7. The minimum atomic E-state index is -1.67. The van der Waals surface area contributed by atoms with Crippen LogP contribution >= 0.6 is 0 Å². The Hall–Kier alpha value is -0.990. The van der Waals surface area contributed by atoms with Gasteiger partial charge in [-0.3, -0.25) is 0 Å². The molecule has 7 heteroatoms. The highest BCUT2D eigenvalue weighted by Gasteiger charge is 2.96. The van der Waals surface area contributed by atoms with Crippen molar-refractivity contribution in [2.24, 2.45) is 17.3 Å². The molecular weight excluding hydrogens is 352 g/mol. The molecule has 7 nitrogen and oxygen atoms in total. The Morgan fingerprint density at radius 1 is 1.22 bits per heavy atom. The van der Waals surface area contributed by atoms with Crippen LogP contribution in [0.4, 0.5) is 0 Å². The Morgan fingerprint density at radius 2 is 1.96 bits per heavy atom. The van der Waals surface area contributed by atoms with E-state index in [2.05, 4.69) is 6.92 Å². The van der Waals surface area contributed by atoms with Gasteiger partial charge in [-0.25, -0.2) is 4.79 Å². The highest BCUT2D eigenvalue weighted by molar-refractivity contribution is 5.92. The summed E-state index contributed by atoms with van der Waals surface area (Å²) in [6, 6.07) is 0. The molecule has 2 saturated carbocycles. The van der Waals surface area contributed by atoms with Crippen LogP contribution in [0.15, 0.2) is 11.1 Å². The summed E-state index contributed by atoms with van der Waals surface area (Å²) in [6.07, 6.45) is -1.25. The van der Waals surface area contributed by atoms with Crippen LogP contribution in [0.3, 0.4) is 0 Å². The third kappa shape index (κ3) is 1.44. The van der Waals surface area contributed by atoms with Crippen molar-refractivity contribution in [1.82, 2.24) is 0 Å². The normalized spacial score (nSPS) is 60.1. The van der Waals surface area contributed by atoms with Gasteiger partial charge in [-0.2, -0.15) is 0 Å². The quantitative estimate of drug-likeness (QED) is 0.437. The van der Waals surface area contributed by atoms with Gasteiger partial charge < -0.3 is 29.5 Å². The second-order valence-electron chi connectivity index (χ2n) is 9.85. The van der Waals surface area contributed by atoms with Crippen molar-refractivity contribution in [3.63, 3.8) is 0 Å². The third-order valence-corrected chi connectivity index (χ3v) is 8.90. The van der Waals surface area contributed by atoms with E-state index in [1.54, 1.807) is 13.8 Å². The van der Waals surface area contributed by atoms with Crippen LogP contribution in [0.25, 0.3) is 0 Å². The van der Waals surface area contributed by atoms with E-state index < -0.39 is 40.5 Å². The van der Waals surface area contributed by atoms with E-state index in [0.717, 1.165) is 11.1 Å². The Labute approximate surface area is 157 Å². The van der Waals surface area contributed by atoms with Crippen LogP contribution in [-0.4, -0.2) is 69.1 Å². The van der Waals surface area contributed by atoms with Gasteiger partial charge in [0.2, 0.25) is 0 Å². The van der Waals surface area contributed by atoms with Crippen molar-refractivity contribution in [2.45, 2.75) is 81.3 Å². The number of aliphatic hydroxyl groups is 3. The first-order valence-corrected chi connectivity index (χ1v) is 9.99. The van der Waals surface area contributed by atoms with Gasteiger partial charge in [0.25, 0.3) is 0 Å². The van der Waals surface area contributed by atoms with E-state index in [1.807, 2.05) is 0 Å². The SMILES string of the molecule is CC(C)[C@]1(O)[C@H](O)[C@@H]2O[C@]23[C@]2(O[C@H]2C[C@H]2C4=C(CC[C@@]23C)C(=O)OC4)[C@@H]1O. The molecule has 3 aliphatic carbocycles. The first kappa shape index (κ1) is 16.9. The van der Waals surface area contributed by atoms with E-state index in [0.29, 0.717) is 25.9 Å². The van der Waals surface area contributed by atoms with Crippen molar-refractivity contribution < 1.29 is 34.3 Å². The second kappa shape index (κ2) is 4.44. The number of carbonyl (C=O) groups excluding carboxylic acids is 1. The number of fused-ring (bicyclic) bond motifs is 2. The Kier molecular flexibility index (Phi) is 2.78. The Balaban J connectivity index is 1.50. The summed E-state index contributed by atoms with van der Waals surface area (Å²) in [5.41, 5.74) is -2.06. The average molecular weight is 378 g/mol. The summed E-state index contributed by atoms with van der Waals surface area (Å²) in [5, 5.41) is 33.5. The van der Waals surface area contributed by atoms with Crippen molar-refractivity contribution in [3.05, 3.63) is 11.1 Å². The lowest BCUT2D eigenvalue weighted by Gasteiger charge is -2.56. The zero-order chi connectivity index (χ0) is 19.1. The molecule has 148 valence electrons. The molecule has 0 bridgehead atoms. The minimum Gasteiger partial charge on any atom is -0.458 e. The number of aliphatic hydroxyl groups excluding tert-OH is 2. The lowest BCUT2D eigenvalue weighted by atomic mass is 9.45. The number of cyclic esters (lactones) is 1. The lowest BCUT2D eigenvalue weighted by Crippen LogP contribution is -2.76. The first-order valence-electron chi connectivity index (χ1n) is 9.99. The van der Waals surface area contributed by atoms with Crippen LogP contribution < -0.4 is 0 Å². The molecule has 27 heavy (non-hydrogen) atoms. The van der Waals surface area contributed by atoms with Gasteiger partial charge in [-0.05, 0) is 36.7 Å². The van der Waals surface area contributed by atoms with Crippen molar-refractivity contribution in [3.8, 4) is 0 Å². The Bertz CT molecular complexity index is 806. The number of hydrogen-bond acceptors (Lipinski definition) is 7. The molecule has 6 rings (SSSR count). The molecule has 3 N–H and O–H groups in total. The van der Waals surface area contributed by atoms with Crippen molar-refractivity contribution >= 4 is 5.97 Å². The summed E-state index contributed by atoms with van der Waals surface area (Å²) in [7, 11) is 0. The maximum Gasteiger partial charge on any atom is 0.334 e. The van der Waals surface area contributed by atoms with Crippen LogP contribution in [0.5, 0.6) is 0 Å². The third-order valence-electron chi connectivity index (χ3n) is 8.90. The van der Waals surface area contributed by atoms with Gasteiger partial charge in [0, 0.05) is 11.0 Å². The fourth-order valence-electron chi connectivity index (χ4n) is 7.30. The molecule has 0 unspecified atom stereocenters. The van der Waals surface area contributed by atoms with Crippen molar-refractivity contribution in [1.29, 1.82) is 0 Å². The fourth-order valence-corrected chi connectivity index (χ4v) is 7.30. The highest BCUT2D eigenvalue weighted by atomic mass is 16.7. The largest absolute Gasteiger partial charge is 0.458 e. The second-order valence-corrected chi connectivity index (χ2v) is 9.85. The lowest BCUT2D eigenvalue weighted by molar-refractivity contribution is -0.223. The van der Waals surface area contributed by atoms with Gasteiger partial charge in [0.15, 0.2) is 5.60 Å². The van der Waals surface area contributed by atoms with E-state index in [9.17, 15) is 20.1 Å². The highest BCUT2D eigenvalue weighted by Crippen LogP contribution is 2.79. The molecule has 2 spiro atoms. The zero-order valence-electron chi connectivity index (χ0n) is 15.8. The number of rotatable bonds is 1. The smallest absolute Gasteiger partial charge is 0.334 e. The monoisotopic (exact) mass is 378 g/mol. The number of epoxide rings is 2. The molecule has 3 aliphatic heterocycles. The molecule has 0 aromatic rings. The molecule has 0 radical (unpaired) electrons. The predicted octanol–water partition coefficient (Wildman–Crippen LogP) is 0.0575. The van der Waals surface area contributed by atoms with E-state index in [4.69, 9.17) is 14.2 Å². The number of esters is 1. The molecule has 4 fully saturated rings. The number of hydrogen-bond donors (Lipinski definition) is 3. The maximum atomic E-state index is 12.1. The molecule has 0 amide bonds. The van der Waals surface area contributed by atoms with Gasteiger partial charge >= 0.3 is 5.97 Å². The standard InChI is InChI=1S/C20H26O7/c1-8(2)18(24)13(21)14-20(27-14)17(3)5-4-9-10(7-25-15(9)22)11(17)6-12-19(20,26-12)16(18)23/h8,11-14,16,21,23-24H,4-7H2,1-3H3/t11-,12-,13+,14-,16+,17-,18-,19+,20+/m0/s1. The zero-order valence-corrected chi connectivity index (χ0v) is 15.8. The van der Waals surface area contributed by atoms with Gasteiger partial charge in [0.1, 0.15) is 36.1 Å². The molecule has 2 saturated heterocycles. The average Bonchev–Trinajstić information content (AvgIpc) is 3.50. The summed E-state index contributed by atoms with van der Waals surface area (Å²) in [5.74, 6) is -0.511. The Morgan fingerprint density at radius 3 is 2.67 bits per heavy atom. The summed E-state index contributed by atoms with van der Waals surface area (Å²) in [6.45, 7) is 6.03. The molecule has 9 atom stereocenters. The van der Waals surface area contributed by atoms with E-state index in [1.165, 1.54) is 0 Å². The van der Waals surface area contributed by atoms with Crippen LogP contribution in [0, 0.1) is 17.3 Å². The minimum absolute atomic E-state index is 0.0583. The summed E-state index contributed by atoms with van der Waals surface area (Å²) >= 11 is 0. The van der Waals surface area contributed by atoms with E-state index in [-0.39, 0.29) is 23.9 Å². The summed E-state index contributed by atoms with van der Waals surface area (Å²) < 4.78 is 17.7. The van der Waals surface area contributed by atoms with Crippen LogP contribution in [-0.2, 0) is 19.0 Å². The first-order chi connectivity index (χ1) is 12.7. The van der Waals surface area contributed by atoms with Gasteiger partial charge in [0.05, 0.1) is 6.10 Å². The molecule has 3 heterocycles. The topological polar surface area (TPSA) is 112 Å². The number of carbonyl (C=O) groups is 1. The molecule has 6 aliphatic rings. The van der Waals surface area contributed by atoms with E-state index >= 15 is 0 Å². The molecule has 0 aromatic heterocycles. The maximum absolute atomic E-state index is 12.1. The van der Waals surface area contributed by atoms with Crippen LogP contribution in [0.2, 0.25) is 0 Å². The molecule has 0 aromatic carbocycles. The van der Waals surface area contributed by atoms with Crippen LogP contribution in [0.1, 0.15) is 40.0 Å².